The Kier molecular flexibility index (Phi) is 3.41. The monoisotopic (exact) mass is 231 g/mol. The standard InChI is InChI=1S/C12H13N3S/c1-2-5-9-11(14-8-15-12(9)16)10-6-3-4-7-13-10/h3-4,6-8H,2,5H2,1H3,(H,14,15,16). The molecular formula is C12H13N3S. The van der Waals surface area contributed by atoms with Crippen molar-refractivity contribution in [2.45, 2.75) is 19.8 Å². The minimum atomic E-state index is 0.668. The van der Waals surface area contributed by atoms with Crippen molar-refractivity contribution in [3.8, 4) is 11.4 Å². The van der Waals surface area contributed by atoms with Crippen molar-refractivity contribution in [2.75, 3.05) is 0 Å². The van der Waals surface area contributed by atoms with E-state index in [1.54, 1.807) is 12.5 Å². The van der Waals surface area contributed by atoms with Crippen molar-refractivity contribution in [1.29, 1.82) is 0 Å². The summed E-state index contributed by atoms with van der Waals surface area (Å²) in [6.45, 7) is 2.13. The molecule has 3 nitrogen and oxygen atoms in total. The largest absolute Gasteiger partial charge is 0.344 e. The van der Waals surface area contributed by atoms with Gasteiger partial charge in [-0.05, 0) is 18.6 Å². The molecule has 0 spiro atoms. The molecule has 2 aromatic rings. The quantitative estimate of drug-likeness (QED) is 0.825. The highest BCUT2D eigenvalue weighted by Gasteiger charge is 2.07. The summed E-state index contributed by atoms with van der Waals surface area (Å²) in [7, 11) is 0. The highest BCUT2D eigenvalue weighted by atomic mass is 32.1. The van der Waals surface area contributed by atoms with Crippen LogP contribution < -0.4 is 0 Å². The molecule has 0 radical (unpaired) electrons. The van der Waals surface area contributed by atoms with Crippen LogP contribution in [0.15, 0.2) is 30.7 Å². The molecule has 2 aromatic heterocycles. The predicted octanol–water partition coefficient (Wildman–Crippen LogP) is 3.15. The van der Waals surface area contributed by atoms with E-state index in [0.29, 0.717) is 4.64 Å². The van der Waals surface area contributed by atoms with Crippen LogP contribution in [0.25, 0.3) is 11.4 Å². The number of hydrogen-bond acceptors (Lipinski definition) is 3. The fraction of sp³-hybridized carbons (Fsp3) is 0.250. The molecule has 0 saturated heterocycles. The topological polar surface area (TPSA) is 41.6 Å². The lowest BCUT2D eigenvalue weighted by molar-refractivity contribution is 0.896. The summed E-state index contributed by atoms with van der Waals surface area (Å²) in [5.41, 5.74) is 2.99. The zero-order chi connectivity index (χ0) is 11.4. The molecule has 0 unspecified atom stereocenters. The van der Waals surface area contributed by atoms with Gasteiger partial charge in [0.15, 0.2) is 0 Å². The summed E-state index contributed by atoms with van der Waals surface area (Å²) in [6.07, 6.45) is 5.38. The summed E-state index contributed by atoms with van der Waals surface area (Å²) in [4.78, 5) is 11.6. The molecule has 0 saturated carbocycles. The van der Waals surface area contributed by atoms with E-state index in [4.69, 9.17) is 12.2 Å². The number of nitrogens with zero attached hydrogens (tertiary/aromatic N) is 2. The van der Waals surface area contributed by atoms with Crippen LogP contribution in [0.3, 0.4) is 0 Å². The summed E-state index contributed by atoms with van der Waals surface area (Å²) in [5.74, 6) is 0. The molecule has 0 fully saturated rings. The lowest BCUT2D eigenvalue weighted by atomic mass is 10.1. The normalized spacial score (nSPS) is 10.3. The van der Waals surface area contributed by atoms with Gasteiger partial charge < -0.3 is 4.98 Å². The number of nitrogens with one attached hydrogen (secondary N) is 1. The van der Waals surface area contributed by atoms with Gasteiger partial charge in [-0.25, -0.2) is 4.98 Å². The molecular weight excluding hydrogens is 218 g/mol. The minimum absolute atomic E-state index is 0.668. The molecule has 2 heterocycles. The van der Waals surface area contributed by atoms with Crippen molar-refractivity contribution in [3.05, 3.63) is 40.9 Å². The molecule has 2 rings (SSSR count). The maximum absolute atomic E-state index is 5.25. The fourth-order valence-corrected chi connectivity index (χ4v) is 1.91. The highest BCUT2D eigenvalue weighted by molar-refractivity contribution is 7.71. The Bertz CT molecular complexity index is 519. The van der Waals surface area contributed by atoms with Crippen LogP contribution in [0.1, 0.15) is 18.9 Å². The Labute approximate surface area is 99.6 Å². The van der Waals surface area contributed by atoms with Crippen LogP contribution in [0.2, 0.25) is 0 Å². The van der Waals surface area contributed by atoms with Gasteiger partial charge in [-0.3, -0.25) is 4.98 Å². The number of pyridine rings is 1. The molecule has 0 atom stereocenters. The number of hydrogen-bond donors (Lipinski definition) is 1. The molecule has 82 valence electrons. The smallest absolute Gasteiger partial charge is 0.133 e. The van der Waals surface area contributed by atoms with Crippen LogP contribution in [-0.4, -0.2) is 15.0 Å². The van der Waals surface area contributed by atoms with Crippen molar-refractivity contribution < 1.29 is 0 Å². The molecule has 4 heteroatoms. The SMILES string of the molecule is CCCc1c(-c2ccccn2)[nH]cnc1=S. The zero-order valence-electron chi connectivity index (χ0n) is 9.10. The Balaban J connectivity index is 2.57. The summed E-state index contributed by atoms with van der Waals surface area (Å²) in [5, 5.41) is 0. The number of H-pyrrole nitrogens is 1. The van der Waals surface area contributed by atoms with E-state index < -0.39 is 0 Å². The number of rotatable bonds is 3. The number of aromatic amines is 1. The van der Waals surface area contributed by atoms with E-state index in [0.717, 1.165) is 29.8 Å². The van der Waals surface area contributed by atoms with E-state index in [1.807, 2.05) is 18.2 Å². The maximum Gasteiger partial charge on any atom is 0.133 e. The van der Waals surface area contributed by atoms with Crippen molar-refractivity contribution >= 4 is 12.2 Å². The first kappa shape index (κ1) is 11.0. The second-order valence-corrected chi connectivity index (χ2v) is 3.91. The van der Waals surface area contributed by atoms with Gasteiger partial charge in [-0.1, -0.05) is 31.6 Å². The molecule has 0 bridgehead atoms. The number of aromatic nitrogens is 3. The molecule has 0 aliphatic rings. The second-order valence-electron chi connectivity index (χ2n) is 3.53. The average Bonchev–Trinajstić information content (AvgIpc) is 2.33. The summed E-state index contributed by atoms with van der Waals surface area (Å²) in [6, 6.07) is 5.84. The minimum Gasteiger partial charge on any atom is -0.344 e. The average molecular weight is 231 g/mol. The van der Waals surface area contributed by atoms with E-state index >= 15 is 0 Å². The Morgan fingerprint density at radius 1 is 1.31 bits per heavy atom. The molecule has 0 aromatic carbocycles. The first-order chi connectivity index (χ1) is 7.83. The van der Waals surface area contributed by atoms with E-state index in [-0.39, 0.29) is 0 Å². The molecule has 0 amide bonds. The first-order valence-electron chi connectivity index (χ1n) is 5.31. The lowest BCUT2D eigenvalue weighted by Crippen LogP contribution is -1.97. The third kappa shape index (κ3) is 2.17. The van der Waals surface area contributed by atoms with Gasteiger partial charge in [0.1, 0.15) is 4.64 Å². The van der Waals surface area contributed by atoms with Gasteiger partial charge in [-0.15, -0.1) is 0 Å². The van der Waals surface area contributed by atoms with E-state index in [2.05, 4.69) is 21.9 Å². The van der Waals surface area contributed by atoms with Crippen LogP contribution in [0.4, 0.5) is 0 Å². The van der Waals surface area contributed by atoms with Gasteiger partial charge >= 0.3 is 0 Å². The van der Waals surface area contributed by atoms with Gasteiger partial charge in [0.25, 0.3) is 0 Å². The zero-order valence-corrected chi connectivity index (χ0v) is 9.92. The maximum atomic E-state index is 5.25. The van der Waals surface area contributed by atoms with Gasteiger partial charge in [0, 0.05) is 11.8 Å². The van der Waals surface area contributed by atoms with E-state index in [9.17, 15) is 0 Å². The Morgan fingerprint density at radius 2 is 2.19 bits per heavy atom. The Morgan fingerprint density at radius 3 is 2.88 bits per heavy atom. The predicted molar refractivity (Wildman–Crippen MR) is 66.6 cm³/mol. The van der Waals surface area contributed by atoms with Crippen molar-refractivity contribution in [2.24, 2.45) is 0 Å². The summed E-state index contributed by atoms with van der Waals surface area (Å²) < 4.78 is 0.668. The van der Waals surface area contributed by atoms with Crippen molar-refractivity contribution in [3.63, 3.8) is 0 Å². The van der Waals surface area contributed by atoms with Crippen molar-refractivity contribution in [1.82, 2.24) is 15.0 Å². The van der Waals surface area contributed by atoms with Gasteiger partial charge in [0.2, 0.25) is 0 Å². The lowest BCUT2D eigenvalue weighted by Gasteiger charge is -2.07. The van der Waals surface area contributed by atoms with Gasteiger partial charge in [0.05, 0.1) is 17.7 Å². The van der Waals surface area contributed by atoms with Gasteiger partial charge in [-0.2, -0.15) is 0 Å². The van der Waals surface area contributed by atoms with Crippen LogP contribution >= 0.6 is 12.2 Å². The fourth-order valence-electron chi connectivity index (χ4n) is 1.65. The Hall–Kier alpha value is -1.55. The highest BCUT2D eigenvalue weighted by Crippen LogP contribution is 2.19. The van der Waals surface area contributed by atoms with Crippen LogP contribution in [0.5, 0.6) is 0 Å². The second kappa shape index (κ2) is 4.99. The molecule has 0 aliphatic carbocycles. The molecule has 16 heavy (non-hydrogen) atoms. The molecule has 1 N–H and O–H groups in total. The van der Waals surface area contributed by atoms with E-state index in [1.165, 1.54) is 0 Å². The van der Waals surface area contributed by atoms with Crippen LogP contribution in [0, 0.1) is 4.64 Å². The first-order valence-corrected chi connectivity index (χ1v) is 5.71. The molecule has 0 aliphatic heterocycles. The third-order valence-electron chi connectivity index (χ3n) is 2.37. The summed E-state index contributed by atoms with van der Waals surface area (Å²) >= 11 is 5.25. The third-order valence-corrected chi connectivity index (χ3v) is 2.72. The van der Waals surface area contributed by atoms with Crippen LogP contribution in [-0.2, 0) is 6.42 Å².